The molecule has 0 bridgehead atoms. The van der Waals surface area contributed by atoms with Crippen molar-refractivity contribution in [3.8, 4) is 11.3 Å². The molecule has 2 aliphatic rings. The number of rotatable bonds is 3. The molecule has 0 radical (unpaired) electrons. The first-order chi connectivity index (χ1) is 16.5. The van der Waals surface area contributed by atoms with E-state index in [0.717, 1.165) is 30.2 Å². The van der Waals surface area contributed by atoms with Crippen molar-refractivity contribution in [2.45, 2.75) is 50.4 Å². The summed E-state index contributed by atoms with van der Waals surface area (Å²) >= 11 is 0. The number of nitrogens with zero attached hydrogens (tertiary/aromatic N) is 6. The molecule has 0 aromatic carbocycles. The molecular weight excluding hydrogens is 461 g/mol. The number of carbonyl (C=O) groups is 1. The van der Waals surface area contributed by atoms with E-state index in [9.17, 15) is 18.0 Å². The number of alkyl halides is 3. The summed E-state index contributed by atoms with van der Waals surface area (Å²) < 4.78 is 41.7. The molecule has 5 rings (SSSR count). The minimum atomic E-state index is -4.60. The summed E-state index contributed by atoms with van der Waals surface area (Å²) in [7, 11) is 0. The van der Waals surface area contributed by atoms with Crippen LogP contribution >= 0.6 is 0 Å². The smallest absolute Gasteiger partial charge is 0.383 e. The average Bonchev–Trinajstić information content (AvgIpc) is 3.51. The molecule has 2 aliphatic heterocycles. The van der Waals surface area contributed by atoms with Crippen molar-refractivity contribution in [3.63, 3.8) is 0 Å². The van der Waals surface area contributed by atoms with E-state index < -0.39 is 23.1 Å². The fourth-order valence-corrected chi connectivity index (χ4v) is 4.94. The molecule has 5 heterocycles. The Morgan fingerprint density at radius 3 is 2.54 bits per heavy atom. The van der Waals surface area contributed by atoms with Crippen molar-refractivity contribution in [1.82, 2.24) is 34.9 Å². The maximum absolute atomic E-state index is 13.3. The molecule has 3 N–H and O–H groups in total. The maximum atomic E-state index is 13.3. The van der Waals surface area contributed by atoms with Gasteiger partial charge in [-0.25, -0.2) is 19.7 Å². The molecule has 3 aromatic rings. The van der Waals surface area contributed by atoms with E-state index in [1.807, 2.05) is 24.6 Å². The van der Waals surface area contributed by atoms with Gasteiger partial charge in [-0.15, -0.1) is 0 Å². The molecule has 0 aliphatic carbocycles. The highest BCUT2D eigenvalue weighted by Crippen LogP contribution is 2.44. The van der Waals surface area contributed by atoms with Gasteiger partial charge in [-0.2, -0.15) is 18.3 Å². The number of pyridine rings is 1. The van der Waals surface area contributed by atoms with Crippen molar-refractivity contribution >= 4 is 11.8 Å². The van der Waals surface area contributed by atoms with E-state index in [-0.39, 0.29) is 17.0 Å². The van der Waals surface area contributed by atoms with Crippen LogP contribution in [0.5, 0.6) is 0 Å². The topological polar surface area (TPSA) is 115 Å². The lowest BCUT2D eigenvalue weighted by molar-refractivity contribution is -0.137. The van der Waals surface area contributed by atoms with Crippen LogP contribution in [0, 0.1) is 0 Å². The number of hydrogen-bond acceptors (Lipinski definition) is 6. The lowest BCUT2D eigenvalue weighted by atomic mass is 9.82. The first kappa shape index (κ1) is 23.1. The van der Waals surface area contributed by atoms with E-state index >= 15 is 0 Å². The number of nitrogen functional groups attached to an aromatic ring is 1. The highest BCUT2D eigenvalue weighted by Gasteiger charge is 2.47. The van der Waals surface area contributed by atoms with E-state index in [2.05, 4.69) is 25.4 Å². The Bertz CT molecular complexity index is 1270. The minimum absolute atomic E-state index is 0.188. The molecule has 9 nitrogen and oxygen atoms in total. The first-order valence-corrected chi connectivity index (χ1v) is 11.2. The summed E-state index contributed by atoms with van der Waals surface area (Å²) in [6.07, 6.45) is 3.04. The second-order valence-corrected chi connectivity index (χ2v) is 9.68. The van der Waals surface area contributed by atoms with Gasteiger partial charge in [0.25, 0.3) is 0 Å². The van der Waals surface area contributed by atoms with Gasteiger partial charge in [-0.3, -0.25) is 4.68 Å². The number of aryl methyl sites for hydroxylation is 1. The van der Waals surface area contributed by atoms with Crippen molar-refractivity contribution in [2.75, 3.05) is 18.8 Å². The largest absolute Gasteiger partial charge is 0.419 e. The molecule has 1 fully saturated rings. The summed E-state index contributed by atoms with van der Waals surface area (Å²) in [5.41, 5.74) is 5.88. The van der Waals surface area contributed by atoms with Gasteiger partial charge in [0.15, 0.2) is 0 Å². The van der Waals surface area contributed by atoms with E-state index in [0.29, 0.717) is 25.3 Å². The van der Waals surface area contributed by atoms with Crippen LogP contribution in [0.3, 0.4) is 0 Å². The molecule has 3 aromatic heterocycles. The molecule has 2 amide bonds. The van der Waals surface area contributed by atoms with Crippen LogP contribution in [-0.4, -0.2) is 48.8 Å². The fraction of sp³-hybridized carbons (Fsp3) is 0.435. The number of amides is 2. The third-order valence-corrected chi connectivity index (χ3v) is 6.99. The van der Waals surface area contributed by atoms with Gasteiger partial charge in [-0.1, -0.05) is 0 Å². The number of fused-ring (bicyclic) bond motifs is 2. The zero-order valence-electron chi connectivity index (χ0n) is 19.3. The predicted molar refractivity (Wildman–Crippen MR) is 121 cm³/mol. The lowest BCUT2D eigenvalue weighted by Crippen LogP contribution is -2.48. The molecule has 1 saturated heterocycles. The third-order valence-electron chi connectivity index (χ3n) is 6.99. The number of halogens is 3. The zero-order valence-corrected chi connectivity index (χ0v) is 19.3. The summed E-state index contributed by atoms with van der Waals surface area (Å²) in [4.78, 5) is 26.7. The number of nitrogens with two attached hydrogens (primary N) is 1. The molecule has 1 unspecified atom stereocenters. The zero-order chi connectivity index (χ0) is 25.0. The van der Waals surface area contributed by atoms with Crippen molar-refractivity contribution < 1.29 is 18.0 Å². The van der Waals surface area contributed by atoms with Gasteiger partial charge in [-0.05, 0) is 38.8 Å². The quantitative estimate of drug-likeness (QED) is 0.587. The standard InChI is InChI=1S/C23H25F3N8O/c1-21(2,15-10-28-13-29-11-15)31-20(35)33-5-3-22(12-33)4-6-34-18(22)8-17(32-34)14-7-16(23(24,25)26)19(27)30-9-14/h7-11,13H,3-6,12H2,1-2H3,(H2,27,30)(H,31,35). The Morgan fingerprint density at radius 2 is 1.83 bits per heavy atom. The first-order valence-electron chi connectivity index (χ1n) is 11.2. The number of likely N-dealkylation sites (tertiary alicyclic amines) is 1. The van der Waals surface area contributed by atoms with E-state index in [1.165, 1.54) is 12.5 Å². The van der Waals surface area contributed by atoms with Gasteiger partial charge in [0.05, 0.1) is 16.8 Å². The molecule has 184 valence electrons. The minimum Gasteiger partial charge on any atom is -0.383 e. The number of urea groups is 1. The highest BCUT2D eigenvalue weighted by molar-refractivity contribution is 5.76. The van der Waals surface area contributed by atoms with Crippen LogP contribution in [-0.2, 0) is 23.7 Å². The third kappa shape index (κ3) is 4.06. The van der Waals surface area contributed by atoms with Crippen LogP contribution in [0.1, 0.15) is 43.5 Å². The van der Waals surface area contributed by atoms with Gasteiger partial charge in [0.2, 0.25) is 0 Å². The summed E-state index contributed by atoms with van der Waals surface area (Å²) in [5, 5.41) is 7.60. The predicted octanol–water partition coefficient (Wildman–Crippen LogP) is 3.33. The number of anilines is 1. The molecule has 35 heavy (non-hydrogen) atoms. The van der Waals surface area contributed by atoms with Gasteiger partial charge in [0.1, 0.15) is 12.1 Å². The maximum Gasteiger partial charge on any atom is 0.419 e. The highest BCUT2D eigenvalue weighted by atomic mass is 19.4. The van der Waals surface area contributed by atoms with Crippen molar-refractivity contribution in [3.05, 3.63) is 53.9 Å². The van der Waals surface area contributed by atoms with Gasteiger partial charge >= 0.3 is 12.2 Å². The number of hydrogen-bond donors (Lipinski definition) is 2. The van der Waals surface area contributed by atoms with Crippen LogP contribution in [0.2, 0.25) is 0 Å². The molecule has 1 spiro atoms. The Balaban J connectivity index is 1.36. The van der Waals surface area contributed by atoms with Crippen LogP contribution < -0.4 is 11.1 Å². The molecule has 1 atom stereocenters. The van der Waals surface area contributed by atoms with Crippen molar-refractivity contribution in [2.24, 2.45) is 0 Å². The SMILES string of the molecule is CC(C)(NC(=O)N1CCC2(CCn3nc(-c4cnc(N)c(C(F)(F)F)c4)cc32)C1)c1cncnc1. The Morgan fingerprint density at radius 1 is 1.11 bits per heavy atom. The Hall–Kier alpha value is -3.70. The van der Waals surface area contributed by atoms with Gasteiger partial charge in [0, 0.05) is 60.5 Å². The fourth-order valence-electron chi connectivity index (χ4n) is 4.94. The number of carbonyl (C=O) groups excluding carboxylic acids is 1. The number of aromatic nitrogens is 5. The van der Waals surface area contributed by atoms with Crippen LogP contribution in [0.4, 0.5) is 23.8 Å². The molecule has 12 heteroatoms. The molecular formula is C23H25F3N8O. The van der Waals surface area contributed by atoms with Crippen LogP contribution in [0.25, 0.3) is 11.3 Å². The monoisotopic (exact) mass is 486 g/mol. The van der Waals surface area contributed by atoms with Crippen LogP contribution in [0.15, 0.2) is 37.1 Å². The lowest BCUT2D eigenvalue weighted by Gasteiger charge is -2.30. The molecule has 0 saturated carbocycles. The Kier molecular flexibility index (Phi) is 5.22. The summed E-state index contributed by atoms with van der Waals surface area (Å²) in [6, 6.07) is 2.61. The van der Waals surface area contributed by atoms with E-state index in [1.54, 1.807) is 17.3 Å². The van der Waals surface area contributed by atoms with Gasteiger partial charge < -0.3 is 16.0 Å². The average molecular weight is 487 g/mol. The second kappa shape index (κ2) is 7.92. The second-order valence-electron chi connectivity index (χ2n) is 9.68. The van der Waals surface area contributed by atoms with Crippen molar-refractivity contribution in [1.29, 1.82) is 0 Å². The Labute approximate surface area is 199 Å². The summed E-state index contributed by atoms with van der Waals surface area (Å²) in [5.74, 6) is -0.563. The normalized spacial score (nSPS) is 19.9. The van der Waals surface area contributed by atoms with E-state index in [4.69, 9.17) is 5.73 Å². The number of nitrogens with one attached hydrogen (secondary N) is 1. The summed E-state index contributed by atoms with van der Waals surface area (Å²) in [6.45, 7) is 5.48.